The van der Waals surface area contributed by atoms with Crippen LogP contribution in [0.4, 0.5) is 32.2 Å². The SMILES string of the molecule is COc1ccc(C2=[NH+]C(C(F)(F)F)(C(F)(F)F)c3c(n(-c4ccccc4)c(=O)[nH]c3=O)N2)cc1. The van der Waals surface area contributed by atoms with Crippen LogP contribution in [0.25, 0.3) is 5.69 Å². The average molecular weight is 485 g/mol. The molecule has 0 spiro atoms. The molecule has 3 aromatic rings. The van der Waals surface area contributed by atoms with Gasteiger partial charge in [0.25, 0.3) is 11.4 Å². The Morgan fingerprint density at radius 1 is 0.912 bits per heavy atom. The average Bonchev–Trinajstić information content (AvgIpc) is 2.77. The number of hydrogen-bond acceptors (Lipinski definition) is 4. The molecule has 0 saturated heterocycles. The number of benzene rings is 2. The second kappa shape index (κ2) is 7.78. The number of aromatic amines is 1. The van der Waals surface area contributed by atoms with Gasteiger partial charge in [-0.3, -0.25) is 9.78 Å². The number of aromatic nitrogens is 2. The lowest BCUT2D eigenvalue weighted by molar-refractivity contribution is -0.658. The Morgan fingerprint density at radius 2 is 1.50 bits per heavy atom. The monoisotopic (exact) mass is 485 g/mol. The summed E-state index contributed by atoms with van der Waals surface area (Å²) in [5.74, 6) is -1.39. The first-order chi connectivity index (χ1) is 15.9. The van der Waals surface area contributed by atoms with Crippen molar-refractivity contribution < 1.29 is 36.1 Å². The third kappa shape index (κ3) is 3.43. The predicted molar refractivity (Wildman–Crippen MR) is 108 cm³/mol. The van der Waals surface area contributed by atoms with Gasteiger partial charge in [-0.05, 0) is 36.4 Å². The normalized spacial score (nSPS) is 15.2. The predicted octanol–water partition coefficient (Wildman–Crippen LogP) is 1.81. The number of nitrogens with one attached hydrogen (secondary N) is 3. The minimum absolute atomic E-state index is 0.0678. The number of ether oxygens (including phenoxy) is 1. The van der Waals surface area contributed by atoms with E-state index in [0.29, 0.717) is 10.3 Å². The van der Waals surface area contributed by atoms with Crippen molar-refractivity contribution in [1.82, 2.24) is 9.55 Å². The molecule has 0 saturated carbocycles. The van der Waals surface area contributed by atoms with E-state index in [2.05, 4.69) is 5.32 Å². The molecule has 1 aliphatic heterocycles. The molecule has 2 heterocycles. The molecule has 0 bridgehead atoms. The van der Waals surface area contributed by atoms with E-state index in [0.717, 1.165) is 0 Å². The maximum atomic E-state index is 14.3. The van der Waals surface area contributed by atoms with Crippen LogP contribution in [0, 0.1) is 0 Å². The van der Waals surface area contributed by atoms with Gasteiger partial charge in [0.1, 0.15) is 11.3 Å². The number of hydrogen-bond donors (Lipinski definition) is 3. The number of anilines is 1. The maximum Gasteiger partial charge on any atom is 0.446 e. The molecule has 4 rings (SSSR count). The van der Waals surface area contributed by atoms with Crippen LogP contribution < -0.4 is 26.3 Å². The number of methoxy groups -OCH3 is 1. The van der Waals surface area contributed by atoms with E-state index >= 15 is 0 Å². The number of rotatable bonds is 3. The van der Waals surface area contributed by atoms with Gasteiger partial charge >= 0.3 is 23.6 Å². The molecule has 178 valence electrons. The molecule has 1 aromatic heterocycles. The van der Waals surface area contributed by atoms with Gasteiger partial charge < -0.3 is 4.74 Å². The summed E-state index contributed by atoms with van der Waals surface area (Å²) in [5, 5.41) is 2.41. The van der Waals surface area contributed by atoms with E-state index in [1.54, 1.807) is 4.98 Å². The lowest BCUT2D eigenvalue weighted by Gasteiger charge is -2.35. The smallest absolute Gasteiger partial charge is 0.446 e. The Labute approximate surface area is 186 Å². The zero-order valence-electron chi connectivity index (χ0n) is 17.1. The Balaban J connectivity index is 2.14. The van der Waals surface area contributed by atoms with Crippen LogP contribution in [-0.4, -0.2) is 34.8 Å². The molecule has 0 unspecified atom stereocenters. The Hall–Kier alpha value is -4.03. The fourth-order valence-corrected chi connectivity index (χ4v) is 3.71. The molecule has 0 aliphatic carbocycles. The zero-order chi connectivity index (χ0) is 24.9. The molecule has 3 N–H and O–H groups in total. The number of alkyl halides is 6. The standard InChI is InChI=1S/C21H14F6N4O3/c1-34-13-9-7-11(8-10-13)15-28-16-14(19(30-15,20(22,23)24)21(25,26)27)17(32)29-18(33)31(16)12-5-3-2-4-6-12/h2-10H,1H3,(H,28,30)(H,29,32,33)/p+1. The number of para-hydroxylation sites is 1. The van der Waals surface area contributed by atoms with Crippen molar-refractivity contribution in [2.45, 2.75) is 17.9 Å². The first-order valence-corrected chi connectivity index (χ1v) is 9.56. The number of amidine groups is 1. The second-order valence-corrected chi connectivity index (χ2v) is 7.25. The molecular weight excluding hydrogens is 470 g/mol. The quantitative estimate of drug-likeness (QED) is 0.494. The molecule has 0 atom stereocenters. The van der Waals surface area contributed by atoms with Crippen LogP contribution in [0.15, 0.2) is 64.2 Å². The van der Waals surface area contributed by atoms with Crippen LogP contribution in [0.1, 0.15) is 11.1 Å². The van der Waals surface area contributed by atoms with E-state index in [1.165, 1.54) is 66.7 Å². The Morgan fingerprint density at radius 3 is 2.03 bits per heavy atom. The summed E-state index contributed by atoms with van der Waals surface area (Å²) in [6.07, 6.45) is -12.1. The van der Waals surface area contributed by atoms with Gasteiger partial charge in [-0.1, -0.05) is 18.2 Å². The largest absolute Gasteiger partial charge is 0.497 e. The maximum absolute atomic E-state index is 14.3. The van der Waals surface area contributed by atoms with E-state index < -0.39 is 46.4 Å². The van der Waals surface area contributed by atoms with E-state index in [9.17, 15) is 35.9 Å². The molecule has 34 heavy (non-hydrogen) atoms. The van der Waals surface area contributed by atoms with Crippen LogP contribution >= 0.6 is 0 Å². The number of halogens is 6. The van der Waals surface area contributed by atoms with Gasteiger partial charge in [-0.25, -0.2) is 19.7 Å². The second-order valence-electron chi connectivity index (χ2n) is 7.25. The van der Waals surface area contributed by atoms with Gasteiger partial charge in [0.05, 0.1) is 18.4 Å². The fraction of sp³-hybridized carbons (Fsp3) is 0.190. The molecule has 0 radical (unpaired) electrons. The lowest BCUT2D eigenvalue weighted by atomic mass is 9.87. The summed E-state index contributed by atoms with van der Waals surface area (Å²) < 4.78 is 91.4. The Bertz CT molecular complexity index is 1360. The van der Waals surface area contributed by atoms with E-state index in [-0.39, 0.29) is 11.3 Å². The lowest BCUT2D eigenvalue weighted by Crippen LogP contribution is -2.97. The third-order valence-electron chi connectivity index (χ3n) is 5.29. The summed E-state index contributed by atoms with van der Waals surface area (Å²) in [6.45, 7) is 0. The van der Waals surface area contributed by atoms with Gasteiger partial charge in [-0.15, -0.1) is 0 Å². The Kier molecular flexibility index (Phi) is 5.30. The van der Waals surface area contributed by atoms with Crippen molar-refractivity contribution in [3.63, 3.8) is 0 Å². The van der Waals surface area contributed by atoms with Crippen LogP contribution in [-0.2, 0) is 5.54 Å². The number of nitrogens with zero attached hydrogens (tertiary/aromatic N) is 1. The summed E-state index contributed by atoms with van der Waals surface area (Å²) >= 11 is 0. The van der Waals surface area contributed by atoms with Crippen LogP contribution in [0.2, 0.25) is 0 Å². The van der Waals surface area contributed by atoms with Crippen molar-refractivity contribution in [2.75, 3.05) is 12.4 Å². The molecular formula is C21H15F6N4O3+. The van der Waals surface area contributed by atoms with Gasteiger partial charge in [-0.2, -0.15) is 26.3 Å². The van der Waals surface area contributed by atoms with Gasteiger partial charge in [0, 0.05) is 0 Å². The summed E-state index contributed by atoms with van der Waals surface area (Å²) in [4.78, 5) is 28.2. The first kappa shape index (κ1) is 23.1. The topological polar surface area (TPSA) is 90.1 Å². The van der Waals surface area contributed by atoms with Crippen molar-refractivity contribution in [1.29, 1.82) is 0 Å². The number of H-pyrrole nitrogens is 1. The highest BCUT2D eigenvalue weighted by Crippen LogP contribution is 2.48. The highest BCUT2D eigenvalue weighted by molar-refractivity contribution is 6.05. The molecule has 13 heteroatoms. The van der Waals surface area contributed by atoms with E-state index in [4.69, 9.17) is 4.74 Å². The number of fused-ring (bicyclic) bond motifs is 1. The molecule has 0 amide bonds. The summed E-state index contributed by atoms with van der Waals surface area (Å²) in [5.41, 5.74) is -9.81. The van der Waals surface area contributed by atoms with Gasteiger partial charge in [0.2, 0.25) is 5.82 Å². The zero-order valence-corrected chi connectivity index (χ0v) is 17.1. The van der Waals surface area contributed by atoms with Gasteiger partial charge in [0.15, 0.2) is 0 Å². The summed E-state index contributed by atoms with van der Waals surface area (Å²) in [6, 6.07) is 12.1. The van der Waals surface area contributed by atoms with Crippen LogP contribution in [0.3, 0.4) is 0 Å². The molecule has 7 nitrogen and oxygen atoms in total. The highest BCUT2D eigenvalue weighted by Gasteiger charge is 2.78. The third-order valence-corrected chi connectivity index (χ3v) is 5.29. The summed E-state index contributed by atoms with van der Waals surface area (Å²) in [7, 11) is 1.33. The van der Waals surface area contributed by atoms with Crippen LogP contribution in [0.5, 0.6) is 5.75 Å². The first-order valence-electron chi connectivity index (χ1n) is 9.56. The minimum Gasteiger partial charge on any atom is -0.497 e. The van der Waals surface area contributed by atoms with Crippen molar-refractivity contribution in [3.8, 4) is 11.4 Å². The van der Waals surface area contributed by atoms with Crippen molar-refractivity contribution in [2.24, 2.45) is 0 Å². The highest BCUT2D eigenvalue weighted by atomic mass is 19.4. The molecule has 1 aliphatic rings. The van der Waals surface area contributed by atoms with Crippen molar-refractivity contribution in [3.05, 3.63) is 86.6 Å². The molecule has 2 aromatic carbocycles. The van der Waals surface area contributed by atoms with E-state index in [1.807, 2.05) is 0 Å². The minimum atomic E-state index is -6.04. The van der Waals surface area contributed by atoms with Crippen molar-refractivity contribution >= 4 is 11.7 Å². The molecule has 0 fully saturated rings. The fourth-order valence-electron chi connectivity index (χ4n) is 3.71.